The molecule has 0 saturated carbocycles. The summed E-state index contributed by atoms with van der Waals surface area (Å²) in [6.07, 6.45) is 0. The molecule has 4 nitrogen and oxygen atoms in total. The summed E-state index contributed by atoms with van der Waals surface area (Å²) < 4.78 is 8.81. The zero-order valence-electron chi connectivity index (χ0n) is 39.6. The first-order valence-electron chi connectivity index (χ1n) is 24.7. The third-order valence-electron chi connectivity index (χ3n) is 14.2. The predicted octanol–water partition coefficient (Wildman–Crippen LogP) is 20.3. The van der Waals surface area contributed by atoms with E-state index in [0.29, 0.717) is 0 Å². The van der Waals surface area contributed by atoms with Crippen LogP contribution in [-0.2, 0) is 0 Å². The Morgan fingerprint density at radius 2 is 0.767 bits per heavy atom. The maximum absolute atomic E-state index is 6.30. The summed E-state index contributed by atoms with van der Waals surface area (Å²) in [7, 11) is 0. The normalized spacial score (nSPS) is 11.6. The first-order valence-corrected chi connectivity index (χ1v) is 25.5. The van der Waals surface area contributed by atoms with E-state index in [1.54, 1.807) is 0 Å². The predicted molar refractivity (Wildman–Crippen MR) is 311 cm³/mol. The summed E-state index contributed by atoms with van der Waals surface area (Å²) >= 11 is 1.86. The summed E-state index contributed by atoms with van der Waals surface area (Å²) in [5.41, 5.74) is 14.1. The highest BCUT2D eigenvalue weighted by Gasteiger charge is 2.22. The Kier molecular flexibility index (Phi) is 10.3. The van der Waals surface area contributed by atoms with Gasteiger partial charge in [-0.25, -0.2) is 0 Å². The van der Waals surface area contributed by atoms with E-state index in [-0.39, 0.29) is 0 Å². The van der Waals surface area contributed by atoms with Gasteiger partial charge in [-0.2, -0.15) is 0 Å². The molecule has 344 valence electrons. The molecule has 12 aromatic carbocycles. The number of nitrogens with zero attached hydrogens (tertiary/aromatic N) is 3. The van der Waals surface area contributed by atoms with E-state index in [0.717, 1.165) is 73.1 Å². The van der Waals surface area contributed by atoms with Crippen LogP contribution in [0.25, 0.3) is 74.8 Å². The summed E-state index contributed by atoms with van der Waals surface area (Å²) in [6.45, 7) is 0. The van der Waals surface area contributed by atoms with Gasteiger partial charge in [-0.15, -0.1) is 11.3 Å². The molecule has 14 rings (SSSR count). The Morgan fingerprint density at radius 1 is 0.260 bits per heavy atom. The third-order valence-corrected chi connectivity index (χ3v) is 15.3. The smallest absolute Gasteiger partial charge is 0.135 e. The zero-order valence-corrected chi connectivity index (χ0v) is 40.5. The average Bonchev–Trinajstić information content (AvgIpc) is 4.03. The molecule has 0 amide bonds. The lowest BCUT2D eigenvalue weighted by Crippen LogP contribution is -2.12. The van der Waals surface area contributed by atoms with Crippen molar-refractivity contribution in [3.8, 4) is 11.1 Å². The number of benzene rings is 12. The van der Waals surface area contributed by atoms with Crippen LogP contribution in [0.4, 0.5) is 51.2 Å². The second kappa shape index (κ2) is 17.8. The molecular weight excluding hydrogens is 907 g/mol. The van der Waals surface area contributed by atoms with Crippen molar-refractivity contribution < 1.29 is 4.42 Å². The molecule has 0 spiro atoms. The van der Waals surface area contributed by atoms with E-state index in [9.17, 15) is 0 Å². The van der Waals surface area contributed by atoms with Gasteiger partial charge in [-0.3, -0.25) is 0 Å². The van der Waals surface area contributed by atoms with Crippen LogP contribution in [0.15, 0.2) is 277 Å². The molecule has 0 bridgehead atoms. The second-order valence-electron chi connectivity index (χ2n) is 18.5. The van der Waals surface area contributed by atoms with Gasteiger partial charge in [0.2, 0.25) is 0 Å². The van der Waals surface area contributed by atoms with Gasteiger partial charge in [0.05, 0.1) is 11.4 Å². The van der Waals surface area contributed by atoms with E-state index in [2.05, 4.69) is 276 Å². The number of para-hydroxylation sites is 4. The minimum Gasteiger partial charge on any atom is -0.456 e. The first-order chi connectivity index (χ1) is 36.2. The summed E-state index contributed by atoms with van der Waals surface area (Å²) in [5, 5.41) is 9.48. The molecule has 73 heavy (non-hydrogen) atoms. The van der Waals surface area contributed by atoms with Crippen LogP contribution in [0.3, 0.4) is 0 Å². The lowest BCUT2D eigenvalue weighted by atomic mass is 9.95. The Balaban J connectivity index is 0.859. The molecular formula is C68H45N3OS. The Hall–Kier alpha value is -9.42. The molecule has 5 heteroatoms. The second-order valence-corrected chi connectivity index (χ2v) is 19.6. The molecule has 2 heterocycles. The molecule has 0 aliphatic heterocycles. The maximum Gasteiger partial charge on any atom is 0.135 e. The van der Waals surface area contributed by atoms with E-state index < -0.39 is 0 Å². The molecule has 0 N–H and O–H groups in total. The fraction of sp³-hybridized carbons (Fsp3) is 0. The van der Waals surface area contributed by atoms with Gasteiger partial charge in [0, 0.05) is 81.5 Å². The standard InChI is InChI=1S/C68H45N3OS/c1-4-19-48(20-5-1)69(49-21-6-2-7-22-49)51-32-34-52(35-33-51)70(50-23-8-3-9-24-50)64-40-39-55(57-26-12-13-27-58(57)64)47-31-38-60-62-45-54(37-42-67(62)73-68(60)43-47)71(63-29-16-18-46-17-10-11-25-56(46)63)53-36-41-66-61(44-53)59-28-14-15-30-65(59)72-66/h1-45H. The topological polar surface area (TPSA) is 22.9 Å². The summed E-state index contributed by atoms with van der Waals surface area (Å²) in [6, 6.07) is 98.4. The van der Waals surface area contributed by atoms with Crippen molar-refractivity contribution >= 4 is 126 Å². The molecule has 0 radical (unpaired) electrons. The molecule has 2 aromatic heterocycles. The fourth-order valence-electron chi connectivity index (χ4n) is 10.8. The Bertz CT molecular complexity index is 4290. The minimum atomic E-state index is 0.884. The van der Waals surface area contributed by atoms with Gasteiger partial charge in [-0.1, -0.05) is 152 Å². The summed E-state index contributed by atoms with van der Waals surface area (Å²) in [4.78, 5) is 7.10. The number of thiophene rings is 1. The van der Waals surface area contributed by atoms with Crippen LogP contribution in [0.5, 0.6) is 0 Å². The van der Waals surface area contributed by atoms with Gasteiger partial charge < -0.3 is 19.1 Å². The minimum absolute atomic E-state index is 0.884. The highest BCUT2D eigenvalue weighted by molar-refractivity contribution is 7.25. The number of fused-ring (bicyclic) bond motifs is 8. The van der Waals surface area contributed by atoms with Crippen molar-refractivity contribution in [3.05, 3.63) is 273 Å². The van der Waals surface area contributed by atoms with Crippen molar-refractivity contribution in [1.29, 1.82) is 0 Å². The van der Waals surface area contributed by atoms with Crippen LogP contribution in [0, 0.1) is 0 Å². The molecule has 0 aliphatic rings. The largest absolute Gasteiger partial charge is 0.456 e. The van der Waals surface area contributed by atoms with Crippen LogP contribution in [-0.4, -0.2) is 0 Å². The lowest BCUT2D eigenvalue weighted by molar-refractivity contribution is 0.669. The molecule has 0 fully saturated rings. The van der Waals surface area contributed by atoms with Gasteiger partial charge >= 0.3 is 0 Å². The van der Waals surface area contributed by atoms with E-state index >= 15 is 0 Å². The number of hydrogen-bond donors (Lipinski definition) is 0. The van der Waals surface area contributed by atoms with Crippen molar-refractivity contribution in [1.82, 2.24) is 0 Å². The van der Waals surface area contributed by atoms with Crippen molar-refractivity contribution in [2.45, 2.75) is 0 Å². The monoisotopic (exact) mass is 951 g/mol. The average molecular weight is 952 g/mol. The number of hydrogen-bond acceptors (Lipinski definition) is 5. The summed E-state index contributed by atoms with van der Waals surface area (Å²) in [5.74, 6) is 0. The highest BCUT2D eigenvalue weighted by atomic mass is 32.1. The highest BCUT2D eigenvalue weighted by Crippen LogP contribution is 2.47. The Labute approximate surface area is 427 Å². The molecule has 0 atom stereocenters. The maximum atomic E-state index is 6.30. The van der Waals surface area contributed by atoms with E-state index in [1.807, 2.05) is 23.5 Å². The van der Waals surface area contributed by atoms with Crippen molar-refractivity contribution in [3.63, 3.8) is 0 Å². The molecule has 0 saturated heterocycles. The van der Waals surface area contributed by atoms with Crippen molar-refractivity contribution in [2.75, 3.05) is 14.7 Å². The number of furan rings is 1. The van der Waals surface area contributed by atoms with E-state index in [1.165, 1.54) is 52.8 Å². The Morgan fingerprint density at radius 3 is 1.49 bits per heavy atom. The van der Waals surface area contributed by atoms with Gasteiger partial charge in [0.15, 0.2) is 0 Å². The zero-order chi connectivity index (χ0) is 48.2. The molecule has 0 aliphatic carbocycles. The first kappa shape index (κ1) is 42.5. The van der Waals surface area contributed by atoms with Gasteiger partial charge in [0.25, 0.3) is 0 Å². The van der Waals surface area contributed by atoms with Gasteiger partial charge in [0.1, 0.15) is 11.2 Å². The van der Waals surface area contributed by atoms with Gasteiger partial charge in [-0.05, 0) is 143 Å². The molecule has 14 aromatic rings. The fourth-order valence-corrected chi connectivity index (χ4v) is 12.0. The quantitative estimate of drug-likeness (QED) is 0.136. The number of rotatable bonds is 10. The van der Waals surface area contributed by atoms with Crippen LogP contribution in [0.1, 0.15) is 0 Å². The van der Waals surface area contributed by atoms with E-state index in [4.69, 9.17) is 4.42 Å². The van der Waals surface area contributed by atoms with Crippen LogP contribution < -0.4 is 14.7 Å². The van der Waals surface area contributed by atoms with Crippen LogP contribution in [0.2, 0.25) is 0 Å². The third kappa shape index (κ3) is 7.45. The lowest BCUT2D eigenvalue weighted by Gasteiger charge is -2.29. The molecule has 0 unspecified atom stereocenters. The number of anilines is 9. The van der Waals surface area contributed by atoms with Crippen LogP contribution >= 0.6 is 11.3 Å². The van der Waals surface area contributed by atoms with Crippen molar-refractivity contribution in [2.24, 2.45) is 0 Å². The SMILES string of the molecule is c1ccc(N(c2ccccc2)c2ccc(N(c3ccccc3)c3ccc(-c4ccc5c(c4)sc4ccc(N(c6ccc7oc8ccccc8c7c6)c6cccc7ccccc67)cc45)c4ccccc34)cc2)cc1.